The third-order valence-electron chi connectivity index (χ3n) is 4.27. The summed E-state index contributed by atoms with van der Waals surface area (Å²) in [7, 11) is 0. The first-order valence-corrected chi connectivity index (χ1v) is 7.96. The lowest BCUT2D eigenvalue weighted by molar-refractivity contribution is -0.126. The zero-order chi connectivity index (χ0) is 16.1. The SMILES string of the molecule is O=C(OCc1ccccc1)N1CCCC[C@]1(O)c1ccccc1. The summed E-state index contributed by atoms with van der Waals surface area (Å²) in [4.78, 5) is 14.0. The van der Waals surface area contributed by atoms with Gasteiger partial charge in [-0.1, -0.05) is 60.7 Å². The first kappa shape index (κ1) is 15.6. The summed E-state index contributed by atoms with van der Waals surface area (Å²) in [5.41, 5.74) is 0.380. The van der Waals surface area contributed by atoms with E-state index < -0.39 is 11.8 Å². The van der Waals surface area contributed by atoms with Gasteiger partial charge in [0.2, 0.25) is 0 Å². The Morgan fingerprint density at radius 3 is 2.39 bits per heavy atom. The number of amides is 1. The van der Waals surface area contributed by atoms with Crippen LogP contribution < -0.4 is 0 Å². The zero-order valence-electron chi connectivity index (χ0n) is 13.0. The molecule has 0 radical (unpaired) electrons. The Morgan fingerprint density at radius 1 is 1.04 bits per heavy atom. The van der Waals surface area contributed by atoms with Gasteiger partial charge in [-0.05, 0) is 24.8 Å². The predicted molar refractivity (Wildman–Crippen MR) is 87.5 cm³/mol. The minimum Gasteiger partial charge on any atom is -0.444 e. The predicted octanol–water partition coefficient (Wildman–Crippen LogP) is 3.65. The summed E-state index contributed by atoms with van der Waals surface area (Å²) < 4.78 is 5.41. The van der Waals surface area contributed by atoms with E-state index in [-0.39, 0.29) is 6.61 Å². The van der Waals surface area contributed by atoms with Crippen molar-refractivity contribution < 1.29 is 14.6 Å². The Bertz CT molecular complexity index is 644. The molecule has 2 aromatic rings. The second-order valence-electron chi connectivity index (χ2n) is 5.83. The monoisotopic (exact) mass is 311 g/mol. The maximum Gasteiger partial charge on any atom is 0.412 e. The van der Waals surface area contributed by atoms with Crippen molar-refractivity contribution >= 4 is 6.09 Å². The molecule has 0 aliphatic carbocycles. The number of ether oxygens (including phenoxy) is 1. The zero-order valence-corrected chi connectivity index (χ0v) is 13.0. The Labute approximate surface area is 136 Å². The topological polar surface area (TPSA) is 49.8 Å². The van der Waals surface area contributed by atoms with E-state index in [0.29, 0.717) is 13.0 Å². The van der Waals surface area contributed by atoms with Gasteiger partial charge >= 0.3 is 6.09 Å². The first-order chi connectivity index (χ1) is 11.2. The molecule has 1 heterocycles. The first-order valence-electron chi connectivity index (χ1n) is 7.96. The van der Waals surface area contributed by atoms with Crippen LogP contribution >= 0.6 is 0 Å². The fraction of sp³-hybridized carbons (Fsp3) is 0.316. The Kier molecular flexibility index (Phi) is 4.63. The highest BCUT2D eigenvalue weighted by Gasteiger charge is 2.42. The van der Waals surface area contributed by atoms with Crippen molar-refractivity contribution in [2.24, 2.45) is 0 Å². The van der Waals surface area contributed by atoms with Gasteiger partial charge in [0.15, 0.2) is 5.72 Å². The number of hydrogen-bond donors (Lipinski definition) is 1. The van der Waals surface area contributed by atoms with Gasteiger partial charge in [0, 0.05) is 12.1 Å². The van der Waals surface area contributed by atoms with Gasteiger partial charge in [-0.25, -0.2) is 4.79 Å². The van der Waals surface area contributed by atoms with E-state index in [4.69, 9.17) is 4.74 Å². The molecule has 2 aromatic carbocycles. The lowest BCUT2D eigenvalue weighted by atomic mass is 9.91. The van der Waals surface area contributed by atoms with E-state index >= 15 is 0 Å². The van der Waals surface area contributed by atoms with Crippen molar-refractivity contribution in [1.29, 1.82) is 0 Å². The summed E-state index contributed by atoms with van der Waals surface area (Å²) in [6, 6.07) is 18.9. The number of carbonyl (C=O) groups is 1. The van der Waals surface area contributed by atoms with Crippen LogP contribution in [0.1, 0.15) is 30.4 Å². The lowest BCUT2D eigenvalue weighted by Gasteiger charge is -2.42. The van der Waals surface area contributed by atoms with Gasteiger partial charge in [0.25, 0.3) is 0 Å². The van der Waals surface area contributed by atoms with Gasteiger partial charge < -0.3 is 9.84 Å². The van der Waals surface area contributed by atoms with Gasteiger partial charge in [-0.3, -0.25) is 4.90 Å². The van der Waals surface area contributed by atoms with Gasteiger partial charge in [0.1, 0.15) is 6.61 Å². The largest absolute Gasteiger partial charge is 0.444 e. The van der Waals surface area contributed by atoms with E-state index in [1.165, 1.54) is 4.90 Å². The van der Waals surface area contributed by atoms with Crippen LogP contribution in [0.2, 0.25) is 0 Å². The van der Waals surface area contributed by atoms with Crippen LogP contribution in [-0.4, -0.2) is 22.6 Å². The molecule has 1 fully saturated rings. The van der Waals surface area contributed by atoms with E-state index in [2.05, 4.69) is 0 Å². The van der Waals surface area contributed by atoms with E-state index in [1.54, 1.807) is 0 Å². The van der Waals surface area contributed by atoms with Crippen LogP contribution in [-0.2, 0) is 17.1 Å². The maximum absolute atomic E-state index is 12.5. The molecule has 0 aromatic heterocycles. The molecule has 1 aliphatic rings. The number of hydrogen-bond acceptors (Lipinski definition) is 3. The number of likely N-dealkylation sites (tertiary alicyclic amines) is 1. The molecule has 0 unspecified atom stereocenters. The number of aliphatic hydroxyl groups is 1. The van der Waals surface area contributed by atoms with Gasteiger partial charge in [-0.15, -0.1) is 0 Å². The molecule has 0 saturated carbocycles. The number of carbonyl (C=O) groups excluding carboxylic acids is 1. The quantitative estimate of drug-likeness (QED) is 0.941. The molecular weight excluding hydrogens is 290 g/mol. The number of rotatable bonds is 3. The van der Waals surface area contributed by atoms with Crippen LogP contribution in [0.4, 0.5) is 4.79 Å². The number of benzene rings is 2. The smallest absolute Gasteiger partial charge is 0.412 e. The number of nitrogens with zero attached hydrogens (tertiary/aromatic N) is 1. The molecular formula is C19H21NO3. The normalized spacial score (nSPS) is 21.0. The summed E-state index contributed by atoms with van der Waals surface area (Å²) >= 11 is 0. The summed E-state index contributed by atoms with van der Waals surface area (Å²) in [6.07, 6.45) is 1.81. The molecule has 4 heteroatoms. The van der Waals surface area contributed by atoms with E-state index in [1.807, 2.05) is 60.7 Å². The summed E-state index contributed by atoms with van der Waals surface area (Å²) in [5.74, 6) is 0. The highest BCUT2D eigenvalue weighted by atomic mass is 16.6. The van der Waals surface area contributed by atoms with Crippen molar-refractivity contribution in [3.63, 3.8) is 0 Å². The molecule has 3 rings (SSSR count). The second kappa shape index (κ2) is 6.84. The lowest BCUT2D eigenvalue weighted by Crippen LogP contribution is -2.52. The Balaban J connectivity index is 1.74. The second-order valence-corrected chi connectivity index (χ2v) is 5.83. The van der Waals surface area contributed by atoms with Crippen molar-refractivity contribution in [2.45, 2.75) is 31.6 Å². The highest BCUT2D eigenvalue weighted by Crippen LogP contribution is 2.35. The molecule has 4 nitrogen and oxygen atoms in total. The van der Waals surface area contributed by atoms with Crippen molar-refractivity contribution in [3.8, 4) is 0 Å². The van der Waals surface area contributed by atoms with Gasteiger partial charge in [-0.2, -0.15) is 0 Å². The molecule has 0 spiro atoms. The molecule has 1 N–H and O–H groups in total. The third-order valence-corrected chi connectivity index (χ3v) is 4.27. The minimum absolute atomic E-state index is 0.209. The van der Waals surface area contributed by atoms with Crippen LogP contribution in [0, 0.1) is 0 Å². The summed E-state index contributed by atoms with van der Waals surface area (Å²) in [6.45, 7) is 0.708. The molecule has 120 valence electrons. The van der Waals surface area contributed by atoms with Crippen LogP contribution in [0.3, 0.4) is 0 Å². The average molecular weight is 311 g/mol. The number of piperidine rings is 1. The van der Waals surface area contributed by atoms with Crippen molar-refractivity contribution in [3.05, 3.63) is 71.8 Å². The van der Waals surface area contributed by atoms with Crippen LogP contribution in [0.25, 0.3) is 0 Å². The Hall–Kier alpha value is -2.33. The molecule has 1 atom stereocenters. The van der Waals surface area contributed by atoms with Gasteiger partial charge in [0.05, 0.1) is 0 Å². The van der Waals surface area contributed by atoms with Crippen LogP contribution in [0.5, 0.6) is 0 Å². The molecule has 1 aliphatic heterocycles. The maximum atomic E-state index is 12.5. The summed E-state index contributed by atoms with van der Waals surface area (Å²) in [5, 5.41) is 11.1. The molecule has 1 saturated heterocycles. The van der Waals surface area contributed by atoms with Crippen molar-refractivity contribution in [2.75, 3.05) is 6.54 Å². The molecule has 1 amide bonds. The highest BCUT2D eigenvalue weighted by molar-refractivity contribution is 5.69. The Morgan fingerprint density at radius 2 is 1.70 bits per heavy atom. The van der Waals surface area contributed by atoms with E-state index in [9.17, 15) is 9.90 Å². The molecule has 23 heavy (non-hydrogen) atoms. The third kappa shape index (κ3) is 3.37. The average Bonchev–Trinajstić information content (AvgIpc) is 2.62. The fourth-order valence-electron chi connectivity index (χ4n) is 3.01. The standard InChI is InChI=1S/C19H21NO3/c21-18(23-15-16-9-3-1-4-10-16)20-14-8-7-13-19(20,22)17-11-5-2-6-12-17/h1-6,9-12,22H,7-8,13-15H2/t19-/m0/s1. The van der Waals surface area contributed by atoms with Crippen molar-refractivity contribution in [1.82, 2.24) is 4.90 Å². The molecule has 0 bridgehead atoms. The minimum atomic E-state index is -1.28. The van der Waals surface area contributed by atoms with Crippen LogP contribution in [0.15, 0.2) is 60.7 Å². The van der Waals surface area contributed by atoms with E-state index in [0.717, 1.165) is 24.0 Å². The fourth-order valence-corrected chi connectivity index (χ4v) is 3.01.